The first-order chi connectivity index (χ1) is 8.29. The summed E-state index contributed by atoms with van der Waals surface area (Å²) < 4.78 is 5.60. The molecule has 0 fully saturated rings. The fraction of sp³-hybridized carbons (Fsp3) is 0.143. The molecule has 0 heterocycles. The molecule has 2 aromatic carbocycles. The van der Waals surface area contributed by atoms with Gasteiger partial charge >= 0.3 is 0 Å². The molecule has 0 radical (unpaired) electrons. The lowest BCUT2D eigenvalue weighted by molar-refractivity contribution is 0.304. The van der Waals surface area contributed by atoms with E-state index in [0.29, 0.717) is 12.4 Å². The Morgan fingerprint density at radius 1 is 1.12 bits per heavy atom. The monoisotopic (exact) mass is 246 g/mol. The lowest BCUT2D eigenvalue weighted by Crippen LogP contribution is -1.94. The number of phenols is 1. The smallest absolute Gasteiger partial charge is 0.132 e. The molecule has 0 atom stereocenters. The third-order valence-electron chi connectivity index (χ3n) is 2.40. The minimum atomic E-state index is 0.267. The molecule has 17 heavy (non-hydrogen) atoms. The van der Waals surface area contributed by atoms with Crippen LogP contribution in [0.25, 0.3) is 0 Å². The Bertz CT molecular complexity index is 483. The zero-order valence-corrected chi connectivity index (χ0v) is 10.4. The number of hydrogen-bond donors (Lipinski definition) is 1. The summed E-state index contributed by atoms with van der Waals surface area (Å²) >= 11 is 1.51. The van der Waals surface area contributed by atoms with Gasteiger partial charge in [0.1, 0.15) is 18.1 Å². The Balaban J connectivity index is 2.02. The van der Waals surface area contributed by atoms with Crippen LogP contribution in [0.15, 0.2) is 53.4 Å². The minimum Gasteiger partial charge on any atom is -0.507 e. The predicted molar refractivity (Wildman–Crippen MR) is 70.7 cm³/mol. The first-order valence-electron chi connectivity index (χ1n) is 5.33. The molecule has 0 aliphatic heterocycles. The molecule has 2 nitrogen and oxygen atoms in total. The van der Waals surface area contributed by atoms with Crippen molar-refractivity contribution in [3.8, 4) is 11.5 Å². The molecule has 2 aromatic rings. The van der Waals surface area contributed by atoms with Gasteiger partial charge in [-0.2, -0.15) is 0 Å². The molecular weight excluding hydrogens is 232 g/mol. The SMILES string of the molecule is CSc1ccc(OCc2ccccc2)cc1O. The van der Waals surface area contributed by atoms with Crippen LogP contribution < -0.4 is 4.74 Å². The highest BCUT2D eigenvalue weighted by Gasteiger charge is 2.02. The van der Waals surface area contributed by atoms with Gasteiger partial charge in [0.15, 0.2) is 0 Å². The minimum absolute atomic E-state index is 0.267. The highest BCUT2D eigenvalue weighted by molar-refractivity contribution is 7.98. The van der Waals surface area contributed by atoms with Crippen molar-refractivity contribution in [3.63, 3.8) is 0 Å². The van der Waals surface area contributed by atoms with E-state index in [1.165, 1.54) is 11.8 Å². The van der Waals surface area contributed by atoms with E-state index >= 15 is 0 Å². The molecule has 3 heteroatoms. The van der Waals surface area contributed by atoms with Gasteiger partial charge in [-0.05, 0) is 24.0 Å². The van der Waals surface area contributed by atoms with Gasteiger partial charge in [-0.1, -0.05) is 30.3 Å². The zero-order chi connectivity index (χ0) is 12.1. The Hall–Kier alpha value is -1.61. The summed E-state index contributed by atoms with van der Waals surface area (Å²) in [5, 5.41) is 9.69. The maximum Gasteiger partial charge on any atom is 0.132 e. The maximum absolute atomic E-state index is 9.69. The fourth-order valence-electron chi connectivity index (χ4n) is 1.50. The summed E-state index contributed by atoms with van der Waals surface area (Å²) in [4.78, 5) is 0.858. The van der Waals surface area contributed by atoms with Crippen molar-refractivity contribution in [2.24, 2.45) is 0 Å². The molecule has 0 saturated carbocycles. The van der Waals surface area contributed by atoms with Gasteiger partial charge in [0, 0.05) is 11.0 Å². The van der Waals surface area contributed by atoms with Gasteiger partial charge in [0.25, 0.3) is 0 Å². The molecule has 1 N–H and O–H groups in total. The van der Waals surface area contributed by atoms with Gasteiger partial charge in [0.2, 0.25) is 0 Å². The number of aromatic hydroxyl groups is 1. The third-order valence-corrected chi connectivity index (χ3v) is 3.18. The van der Waals surface area contributed by atoms with Crippen LogP contribution in [0.2, 0.25) is 0 Å². The average molecular weight is 246 g/mol. The van der Waals surface area contributed by atoms with Crippen LogP contribution in [0.5, 0.6) is 11.5 Å². The Labute approximate surface area is 105 Å². The highest BCUT2D eigenvalue weighted by atomic mass is 32.2. The van der Waals surface area contributed by atoms with Crippen molar-refractivity contribution in [1.29, 1.82) is 0 Å². The zero-order valence-electron chi connectivity index (χ0n) is 9.59. The Kier molecular flexibility index (Phi) is 3.94. The normalized spacial score (nSPS) is 10.2. The van der Waals surface area contributed by atoms with Gasteiger partial charge in [-0.3, -0.25) is 0 Å². The van der Waals surface area contributed by atoms with Crippen LogP contribution in [0.3, 0.4) is 0 Å². The topological polar surface area (TPSA) is 29.5 Å². The van der Waals surface area contributed by atoms with Gasteiger partial charge < -0.3 is 9.84 Å². The van der Waals surface area contributed by atoms with E-state index < -0.39 is 0 Å². The molecule has 0 unspecified atom stereocenters. The van der Waals surface area contributed by atoms with Crippen LogP contribution in [-0.2, 0) is 6.61 Å². The number of phenolic OH excluding ortho intramolecular Hbond substituents is 1. The van der Waals surface area contributed by atoms with E-state index in [-0.39, 0.29) is 5.75 Å². The Morgan fingerprint density at radius 3 is 2.53 bits per heavy atom. The fourth-order valence-corrected chi connectivity index (χ4v) is 1.97. The molecule has 0 aromatic heterocycles. The van der Waals surface area contributed by atoms with Crippen molar-refractivity contribution in [2.75, 3.05) is 6.26 Å². The van der Waals surface area contributed by atoms with E-state index in [9.17, 15) is 5.11 Å². The van der Waals surface area contributed by atoms with Crippen molar-refractivity contribution in [3.05, 3.63) is 54.1 Å². The van der Waals surface area contributed by atoms with Crippen LogP contribution in [0.4, 0.5) is 0 Å². The van der Waals surface area contributed by atoms with E-state index in [0.717, 1.165) is 10.5 Å². The lowest BCUT2D eigenvalue weighted by Gasteiger charge is -2.08. The van der Waals surface area contributed by atoms with Crippen LogP contribution in [0.1, 0.15) is 5.56 Å². The Morgan fingerprint density at radius 2 is 1.88 bits per heavy atom. The van der Waals surface area contributed by atoms with E-state index in [2.05, 4.69) is 0 Å². The first kappa shape index (κ1) is 11.9. The molecule has 0 spiro atoms. The number of thioether (sulfide) groups is 1. The van der Waals surface area contributed by atoms with Crippen molar-refractivity contribution in [2.45, 2.75) is 11.5 Å². The van der Waals surface area contributed by atoms with E-state index in [1.54, 1.807) is 6.07 Å². The van der Waals surface area contributed by atoms with Crippen LogP contribution in [-0.4, -0.2) is 11.4 Å². The molecule has 0 aliphatic carbocycles. The predicted octanol–water partition coefficient (Wildman–Crippen LogP) is 3.69. The van der Waals surface area contributed by atoms with Gasteiger partial charge in [-0.25, -0.2) is 0 Å². The molecule has 88 valence electrons. The summed E-state index contributed by atoms with van der Waals surface area (Å²) in [6.45, 7) is 0.513. The molecule has 0 amide bonds. The number of ether oxygens (including phenoxy) is 1. The standard InChI is InChI=1S/C14H14O2S/c1-17-14-8-7-12(9-13(14)15)16-10-11-5-3-2-4-6-11/h2-9,15H,10H2,1H3. The molecule has 0 saturated heterocycles. The maximum atomic E-state index is 9.69. The third kappa shape index (κ3) is 3.17. The second-order valence-corrected chi connectivity index (χ2v) is 4.46. The average Bonchev–Trinajstić information content (AvgIpc) is 2.38. The van der Waals surface area contributed by atoms with E-state index in [1.807, 2.05) is 48.7 Å². The number of benzene rings is 2. The summed E-state index contributed by atoms with van der Waals surface area (Å²) in [5.41, 5.74) is 1.11. The summed E-state index contributed by atoms with van der Waals surface area (Å²) in [6, 6.07) is 15.3. The largest absolute Gasteiger partial charge is 0.507 e. The van der Waals surface area contributed by atoms with Crippen molar-refractivity contribution >= 4 is 11.8 Å². The quantitative estimate of drug-likeness (QED) is 0.834. The van der Waals surface area contributed by atoms with Crippen LogP contribution in [0, 0.1) is 0 Å². The number of rotatable bonds is 4. The summed E-state index contributed by atoms with van der Waals surface area (Å²) in [7, 11) is 0. The molecular formula is C14H14O2S. The highest BCUT2D eigenvalue weighted by Crippen LogP contribution is 2.30. The van der Waals surface area contributed by atoms with Gasteiger partial charge in [0.05, 0.1) is 0 Å². The first-order valence-corrected chi connectivity index (χ1v) is 6.56. The van der Waals surface area contributed by atoms with E-state index in [4.69, 9.17) is 4.74 Å². The van der Waals surface area contributed by atoms with Crippen molar-refractivity contribution in [1.82, 2.24) is 0 Å². The lowest BCUT2D eigenvalue weighted by atomic mass is 10.2. The molecule has 0 bridgehead atoms. The van der Waals surface area contributed by atoms with Crippen molar-refractivity contribution < 1.29 is 9.84 Å². The van der Waals surface area contributed by atoms with Crippen LogP contribution >= 0.6 is 11.8 Å². The second-order valence-electron chi connectivity index (χ2n) is 3.61. The summed E-state index contributed by atoms with van der Waals surface area (Å²) in [6.07, 6.45) is 1.93. The number of hydrogen-bond acceptors (Lipinski definition) is 3. The molecule has 0 aliphatic rings. The van der Waals surface area contributed by atoms with Gasteiger partial charge in [-0.15, -0.1) is 11.8 Å². The summed E-state index contributed by atoms with van der Waals surface area (Å²) in [5.74, 6) is 0.951. The second kappa shape index (κ2) is 5.64. The molecule has 2 rings (SSSR count).